The lowest BCUT2D eigenvalue weighted by Crippen LogP contribution is -2.49. The summed E-state index contributed by atoms with van der Waals surface area (Å²) in [5.74, 6) is 0.528. The highest BCUT2D eigenvalue weighted by molar-refractivity contribution is 7.09. The lowest BCUT2D eigenvalue weighted by molar-refractivity contribution is -0.136. The Morgan fingerprint density at radius 2 is 2.04 bits per heavy atom. The van der Waals surface area contributed by atoms with Crippen molar-refractivity contribution in [3.63, 3.8) is 0 Å². The molecule has 26 heavy (non-hydrogen) atoms. The van der Waals surface area contributed by atoms with Crippen molar-refractivity contribution in [1.29, 1.82) is 0 Å². The molecule has 1 aromatic rings. The molecule has 0 aliphatic carbocycles. The fraction of sp³-hybridized carbons (Fsp3) is 0.737. The van der Waals surface area contributed by atoms with E-state index in [0.717, 1.165) is 43.1 Å². The topological polar surface area (TPSA) is 74.3 Å². The van der Waals surface area contributed by atoms with Gasteiger partial charge in [0.25, 0.3) is 0 Å². The molecule has 2 aliphatic rings. The van der Waals surface area contributed by atoms with E-state index < -0.39 is 0 Å². The highest BCUT2D eigenvalue weighted by atomic mass is 32.1. The van der Waals surface area contributed by atoms with Crippen LogP contribution in [0.15, 0.2) is 5.38 Å². The molecule has 144 valence electrons. The molecule has 2 atom stereocenters. The molecule has 2 saturated heterocycles. The molecule has 3 heterocycles. The number of aromatic nitrogens is 1. The maximum absolute atomic E-state index is 12.6. The fourth-order valence-electron chi connectivity index (χ4n) is 3.69. The van der Waals surface area contributed by atoms with Gasteiger partial charge in [0.15, 0.2) is 0 Å². The first kappa shape index (κ1) is 19.3. The number of amides is 2. The molecule has 2 amide bonds. The minimum absolute atomic E-state index is 0.0516. The Bertz CT molecular complexity index is 625. The van der Waals surface area contributed by atoms with Crippen molar-refractivity contribution in [2.24, 2.45) is 11.8 Å². The van der Waals surface area contributed by atoms with Crippen LogP contribution in [0, 0.1) is 11.8 Å². The molecule has 0 spiro atoms. The summed E-state index contributed by atoms with van der Waals surface area (Å²) in [4.78, 5) is 31.6. The van der Waals surface area contributed by atoms with Crippen molar-refractivity contribution in [3.05, 3.63) is 16.1 Å². The van der Waals surface area contributed by atoms with E-state index in [-0.39, 0.29) is 23.7 Å². The van der Waals surface area contributed by atoms with Gasteiger partial charge in [0.1, 0.15) is 0 Å². The summed E-state index contributed by atoms with van der Waals surface area (Å²) in [7, 11) is 0. The number of nitrogens with one attached hydrogen (secondary N) is 2. The number of nitrogens with zero attached hydrogens (tertiary/aromatic N) is 2. The Morgan fingerprint density at radius 3 is 2.73 bits per heavy atom. The second-order valence-electron chi connectivity index (χ2n) is 7.69. The van der Waals surface area contributed by atoms with E-state index in [1.807, 2.05) is 4.90 Å². The average molecular weight is 379 g/mol. The number of hydrogen-bond acceptors (Lipinski definition) is 5. The second-order valence-corrected chi connectivity index (χ2v) is 8.58. The lowest BCUT2D eigenvalue weighted by Gasteiger charge is -2.31. The number of hydrogen-bond donors (Lipinski definition) is 2. The van der Waals surface area contributed by atoms with Gasteiger partial charge >= 0.3 is 0 Å². The van der Waals surface area contributed by atoms with Gasteiger partial charge in [-0.05, 0) is 19.3 Å². The van der Waals surface area contributed by atoms with Crippen molar-refractivity contribution >= 4 is 23.2 Å². The Labute approximate surface area is 159 Å². The van der Waals surface area contributed by atoms with Crippen LogP contribution in [0.4, 0.5) is 0 Å². The third-order valence-corrected chi connectivity index (χ3v) is 6.43. The predicted octanol–water partition coefficient (Wildman–Crippen LogP) is 1.77. The van der Waals surface area contributed by atoms with E-state index >= 15 is 0 Å². The first-order chi connectivity index (χ1) is 12.5. The van der Waals surface area contributed by atoms with Crippen LogP contribution in [0.2, 0.25) is 0 Å². The van der Waals surface area contributed by atoms with Gasteiger partial charge in [0, 0.05) is 50.4 Å². The summed E-state index contributed by atoms with van der Waals surface area (Å²) in [6, 6.07) is 0. The van der Waals surface area contributed by atoms with Gasteiger partial charge in [-0.3, -0.25) is 9.59 Å². The zero-order chi connectivity index (χ0) is 18.5. The van der Waals surface area contributed by atoms with Crippen LogP contribution in [0.5, 0.6) is 0 Å². The Kier molecular flexibility index (Phi) is 6.64. The van der Waals surface area contributed by atoms with E-state index in [4.69, 9.17) is 0 Å². The third kappa shape index (κ3) is 4.82. The van der Waals surface area contributed by atoms with Crippen LogP contribution in [0.3, 0.4) is 0 Å². The molecule has 1 aromatic heterocycles. The molecule has 6 nitrogen and oxygen atoms in total. The number of rotatable bonds is 6. The summed E-state index contributed by atoms with van der Waals surface area (Å²) in [6.07, 6.45) is 3.61. The monoisotopic (exact) mass is 378 g/mol. The SMILES string of the molecule is CC(C)c1nc(CCNC(=O)[C@H]2CNC[C@@H](C(=O)N3CCCC3)C2)cs1. The van der Waals surface area contributed by atoms with Crippen LogP contribution in [-0.4, -0.2) is 54.4 Å². The molecular formula is C19H30N4O2S. The summed E-state index contributed by atoms with van der Waals surface area (Å²) in [5, 5.41) is 9.53. The molecule has 3 rings (SSSR count). The first-order valence-electron chi connectivity index (χ1n) is 9.76. The van der Waals surface area contributed by atoms with Crippen molar-refractivity contribution in [2.45, 2.75) is 45.4 Å². The number of carbonyl (C=O) groups is 2. The van der Waals surface area contributed by atoms with Crippen LogP contribution in [0.1, 0.15) is 49.7 Å². The number of carbonyl (C=O) groups excluding carboxylic acids is 2. The van der Waals surface area contributed by atoms with Gasteiger partial charge in [-0.2, -0.15) is 0 Å². The minimum atomic E-state index is -0.123. The first-order valence-corrected chi connectivity index (χ1v) is 10.6. The molecule has 2 fully saturated rings. The van der Waals surface area contributed by atoms with Gasteiger partial charge in [-0.1, -0.05) is 13.8 Å². The zero-order valence-electron chi connectivity index (χ0n) is 15.8. The molecule has 0 saturated carbocycles. The molecule has 0 aromatic carbocycles. The van der Waals surface area contributed by atoms with E-state index in [1.165, 1.54) is 0 Å². The smallest absolute Gasteiger partial charge is 0.226 e. The summed E-state index contributed by atoms with van der Waals surface area (Å²) >= 11 is 1.68. The largest absolute Gasteiger partial charge is 0.355 e. The van der Waals surface area contributed by atoms with Crippen molar-refractivity contribution in [2.75, 3.05) is 32.7 Å². The number of piperidine rings is 1. The third-order valence-electron chi connectivity index (χ3n) is 5.23. The Balaban J connectivity index is 1.44. The van der Waals surface area contributed by atoms with Crippen molar-refractivity contribution < 1.29 is 9.59 Å². The highest BCUT2D eigenvalue weighted by Crippen LogP contribution is 2.22. The molecule has 0 bridgehead atoms. The molecule has 2 N–H and O–H groups in total. The zero-order valence-corrected chi connectivity index (χ0v) is 16.6. The van der Waals surface area contributed by atoms with Gasteiger partial charge in [0.2, 0.25) is 11.8 Å². The van der Waals surface area contributed by atoms with E-state index in [2.05, 4.69) is 34.8 Å². The van der Waals surface area contributed by atoms with E-state index in [9.17, 15) is 9.59 Å². The average Bonchev–Trinajstić information content (AvgIpc) is 3.33. The predicted molar refractivity (Wildman–Crippen MR) is 103 cm³/mol. The molecular weight excluding hydrogens is 348 g/mol. The minimum Gasteiger partial charge on any atom is -0.355 e. The van der Waals surface area contributed by atoms with Crippen LogP contribution in [-0.2, 0) is 16.0 Å². The van der Waals surface area contributed by atoms with Crippen LogP contribution >= 0.6 is 11.3 Å². The maximum Gasteiger partial charge on any atom is 0.226 e. The molecule has 0 unspecified atom stereocenters. The lowest BCUT2D eigenvalue weighted by atomic mass is 9.89. The maximum atomic E-state index is 12.6. The Hall–Kier alpha value is -1.47. The molecule has 7 heteroatoms. The van der Waals surface area contributed by atoms with E-state index in [1.54, 1.807) is 11.3 Å². The highest BCUT2D eigenvalue weighted by Gasteiger charge is 2.33. The van der Waals surface area contributed by atoms with Gasteiger partial charge in [0.05, 0.1) is 22.5 Å². The van der Waals surface area contributed by atoms with Gasteiger partial charge < -0.3 is 15.5 Å². The molecule has 2 aliphatic heterocycles. The van der Waals surface area contributed by atoms with Gasteiger partial charge in [-0.25, -0.2) is 4.98 Å². The summed E-state index contributed by atoms with van der Waals surface area (Å²) < 4.78 is 0. The van der Waals surface area contributed by atoms with Gasteiger partial charge in [-0.15, -0.1) is 11.3 Å². The normalized spacial score (nSPS) is 23.4. The number of likely N-dealkylation sites (tertiary alicyclic amines) is 1. The quantitative estimate of drug-likeness (QED) is 0.791. The number of thiazole rings is 1. The van der Waals surface area contributed by atoms with Crippen LogP contribution < -0.4 is 10.6 Å². The van der Waals surface area contributed by atoms with Crippen molar-refractivity contribution in [1.82, 2.24) is 20.5 Å². The standard InChI is InChI=1S/C19H30N4O2S/c1-13(2)18-22-16(12-26-18)5-6-21-17(24)14-9-15(11-20-10-14)19(25)23-7-3-4-8-23/h12-15,20H,3-11H2,1-2H3,(H,21,24)/t14-,15+/m1/s1. The Morgan fingerprint density at radius 1 is 1.31 bits per heavy atom. The summed E-state index contributed by atoms with van der Waals surface area (Å²) in [6.45, 7) is 7.97. The summed E-state index contributed by atoms with van der Waals surface area (Å²) in [5.41, 5.74) is 1.04. The van der Waals surface area contributed by atoms with Crippen LogP contribution in [0.25, 0.3) is 0 Å². The fourth-order valence-corrected chi connectivity index (χ4v) is 4.56. The van der Waals surface area contributed by atoms with Crippen molar-refractivity contribution in [3.8, 4) is 0 Å². The second kappa shape index (κ2) is 8.95. The molecule has 0 radical (unpaired) electrons. The van der Waals surface area contributed by atoms with E-state index in [0.29, 0.717) is 32.0 Å².